The van der Waals surface area contributed by atoms with E-state index in [4.69, 9.17) is 0 Å². The predicted octanol–water partition coefficient (Wildman–Crippen LogP) is 2.85. The molecule has 0 N–H and O–H groups in total. The number of alkyl halides is 2. The molecule has 0 radical (unpaired) electrons. The quantitative estimate of drug-likeness (QED) is 0.469. The van der Waals surface area contributed by atoms with E-state index in [9.17, 15) is 8.78 Å². The fraction of sp³-hybridized carbons (Fsp3) is 0.667. The van der Waals surface area contributed by atoms with Crippen LogP contribution in [0.1, 0.15) is 20.3 Å². The molecular formula is C6H12F2. The molecular weight excluding hydrogens is 110 g/mol. The molecule has 0 aliphatic carbocycles. The minimum atomic E-state index is -2.12. The van der Waals surface area contributed by atoms with Crippen molar-refractivity contribution in [1.82, 2.24) is 0 Å². The van der Waals surface area contributed by atoms with Gasteiger partial charge in [0.1, 0.15) is 0 Å². The van der Waals surface area contributed by atoms with E-state index in [-0.39, 0.29) is 6.42 Å². The van der Waals surface area contributed by atoms with Gasteiger partial charge in [0.2, 0.25) is 6.43 Å². The molecule has 0 aliphatic rings. The summed E-state index contributed by atoms with van der Waals surface area (Å²) in [6.07, 6.45) is -0.394. The molecule has 50 valence electrons. The van der Waals surface area contributed by atoms with Crippen molar-refractivity contribution in [2.24, 2.45) is 0 Å². The molecule has 0 aromatic rings. The Morgan fingerprint density at radius 3 is 1.75 bits per heavy atom. The molecule has 0 bridgehead atoms. The molecule has 0 heterocycles. The van der Waals surface area contributed by atoms with Crippen LogP contribution < -0.4 is 0 Å². The molecule has 0 saturated heterocycles. The topological polar surface area (TPSA) is 0 Å². The highest BCUT2D eigenvalue weighted by Gasteiger charge is 1.91. The van der Waals surface area contributed by atoms with E-state index >= 15 is 0 Å². The summed E-state index contributed by atoms with van der Waals surface area (Å²) in [4.78, 5) is 0. The van der Waals surface area contributed by atoms with Crippen molar-refractivity contribution in [1.29, 1.82) is 0 Å². The minimum absolute atomic E-state index is 0.0278. The maximum absolute atomic E-state index is 10.8. The van der Waals surface area contributed by atoms with Gasteiger partial charge >= 0.3 is 0 Å². The fourth-order valence-electron chi connectivity index (χ4n) is 0. The summed E-state index contributed by atoms with van der Waals surface area (Å²) >= 11 is 0. The SMILES string of the molecule is C=CC.CCC(F)F. The zero-order valence-corrected chi connectivity index (χ0v) is 5.32. The van der Waals surface area contributed by atoms with Crippen molar-refractivity contribution < 1.29 is 8.78 Å². The van der Waals surface area contributed by atoms with E-state index in [0.29, 0.717) is 0 Å². The summed E-state index contributed by atoms with van der Waals surface area (Å²) < 4.78 is 21.5. The van der Waals surface area contributed by atoms with Crippen LogP contribution in [0, 0.1) is 0 Å². The minimum Gasteiger partial charge on any atom is -0.211 e. The molecule has 2 heteroatoms. The van der Waals surface area contributed by atoms with Gasteiger partial charge in [-0.05, 0) is 6.92 Å². The van der Waals surface area contributed by atoms with Crippen LogP contribution in [0.4, 0.5) is 8.78 Å². The summed E-state index contributed by atoms with van der Waals surface area (Å²) in [6, 6.07) is 0. The summed E-state index contributed by atoms with van der Waals surface area (Å²) in [5.41, 5.74) is 0. The fourth-order valence-corrected chi connectivity index (χ4v) is 0. The smallest absolute Gasteiger partial charge is 0.211 e. The monoisotopic (exact) mass is 122 g/mol. The highest BCUT2D eigenvalue weighted by molar-refractivity contribution is 4.51. The van der Waals surface area contributed by atoms with Gasteiger partial charge in [0, 0.05) is 6.42 Å². The van der Waals surface area contributed by atoms with Gasteiger partial charge in [-0.2, -0.15) is 0 Å². The third-order valence-corrected chi connectivity index (χ3v) is 0.309. The zero-order chi connectivity index (χ0) is 6.99. The van der Waals surface area contributed by atoms with Gasteiger partial charge in [0.05, 0.1) is 0 Å². The van der Waals surface area contributed by atoms with Crippen molar-refractivity contribution in [2.45, 2.75) is 26.7 Å². The van der Waals surface area contributed by atoms with Crippen LogP contribution in [-0.4, -0.2) is 6.43 Å². The first-order valence-electron chi connectivity index (χ1n) is 2.54. The van der Waals surface area contributed by atoms with E-state index in [0.717, 1.165) is 0 Å². The molecule has 0 saturated carbocycles. The van der Waals surface area contributed by atoms with Crippen LogP contribution in [0.3, 0.4) is 0 Å². The average Bonchev–Trinajstić information content (AvgIpc) is 1.69. The molecule has 0 aromatic heterocycles. The van der Waals surface area contributed by atoms with Gasteiger partial charge in [-0.25, -0.2) is 8.78 Å². The summed E-state index contributed by atoms with van der Waals surface area (Å²) in [5, 5.41) is 0. The number of allylic oxidation sites excluding steroid dienone is 1. The van der Waals surface area contributed by atoms with E-state index in [1.54, 1.807) is 6.08 Å². The van der Waals surface area contributed by atoms with Gasteiger partial charge in [0.15, 0.2) is 0 Å². The van der Waals surface area contributed by atoms with Crippen LogP contribution >= 0.6 is 0 Å². The normalized spacial score (nSPS) is 7.62. The summed E-state index contributed by atoms with van der Waals surface area (Å²) in [7, 11) is 0. The molecule has 0 spiro atoms. The molecule has 0 aromatic carbocycles. The van der Waals surface area contributed by atoms with E-state index in [1.165, 1.54) is 6.92 Å². The van der Waals surface area contributed by atoms with E-state index in [2.05, 4.69) is 6.58 Å². The first-order chi connectivity index (χ1) is 3.68. The molecule has 0 aliphatic heterocycles. The second kappa shape index (κ2) is 9.78. The highest BCUT2D eigenvalue weighted by atomic mass is 19.3. The first kappa shape index (κ1) is 10.6. The lowest BCUT2D eigenvalue weighted by molar-refractivity contribution is 0.144. The molecule has 0 atom stereocenters. The average molecular weight is 122 g/mol. The van der Waals surface area contributed by atoms with Gasteiger partial charge in [-0.3, -0.25) is 0 Å². The first-order valence-corrected chi connectivity index (χ1v) is 2.54. The second-order valence-electron chi connectivity index (χ2n) is 1.21. The van der Waals surface area contributed by atoms with Crippen LogP contribution in [0.2, 0.25) is 0 Å². The van der Waals surface area contributed by atoms with Crippen molar-refractivity contribution in [3.63, 3.8) is 0 Å². The summed E-state index contributed by atoms with van der Waals surface area (Å²) in [6.45, 7) is 6.70. The molecule has 0 nitrogen and oxygen atoms in total. The highest BCUT2D eigenvalue weighted by Crippen LogP contribution is 1.93. The van der Waals surface area contributed by atoms with Crippen LogP contribution in [0.5, 0.6) is 0 Å². The number of hydrogen-bond donors (Lipinski definition) is 0. The van der Waals surface area contributed by atoms with Crippen molar-refractivity contribution in [2.75, 3.05) is 0 Å². The lowest BCUT2D eigenvalue weighted by atomic mass is 10.5. The van der Waals surface area contributed by atoms with Crippen molar-refractivity contribution in [3.8, 4) is 0 Å². The van der Waals surface area contributed by atoms with Crippen LogP contribution in [0.15, 0.2) is 12.7 Å². The molecule has 0 unspecified atom stereocenters. The molecule has 0 amide bonds. The molecule has 0 fully saturated rings. The van der Waals surface area contributed by atoms with Gasteiger partial charge < -0.3 is 0 Å². The third-order valence-electron chi connectivity index (χ3n) is 0.309. The number of halogens is 2. The lowest BCUT2D eigenvalue weighted by Gasteiger charge is -1.81. The number of rotatable bonds is 1. The van der Waals surface area contributed by atoms with Crippen molar-refractivity contribution in [3.05, 3.63) is 12.7 Å². The van der Waals surface area contributed by atoms with Crippen molar-refractivity contribution >= 4 is 0 Å². The Balaban J connectivity index is 0. The maximum atomic E-state index is 10.8. The lowest BCUT2D eigenvalue weighted by Crippen LogP contribution is -1.80. The van der Waals surface area contributed by atoms with Gasteiger partial charge in [-0.1, -0.05) is 13.0 Å². The summed E-state index contributed by atoms with van der Waals surface area (Å²) in [5.74, 6) is 0. The zero-order valence-electron chi connectivity index (χ0n) is 5.32. The third kappa shape index (κ3) is 46.3. The Labute approximate surface area is 49.2 Å². The Bertz CT molecular complexity index is 41.8. The second-order valence-corrected chi connectivity index (χ2v) is 1.21. The Kier molecular flexibility index (Phi) is 12.9. The Morgan fingerprint density at radius 1 is 1.62 bits per heavy atom. The molecule has 0 rings (SSSR count). The standard InChI is InChI=1S/C3H6F2.C3H6/c1-2-3(4)5;1-3-2/h3H,2H2,1H3;3H,1H2,2H3. The Morgan fingerprint density at radius 2 is 1.75 bits per heavy atom. The Hall–Kier alpha value is -0.400. The van der Waals surface area contributed by atoms with Crippen LogP contribution in [-0.2, 0) is 0 Å². The van der Waals surface area contributed by atoms with E-state index < -0.39 is 6.43 Å². The van der Waals surface area contributed by atoms with Crippen LogP contribution in [0.25, 0.3) is 0 Å². The number of hydrogen-bond acceptors (Lipinski definition) is 0. The predicted molar refractivity (Wildman–Crippen MR) is 32.2 cm³/mol. The largest absolute Gasteiger partial charge is 0.238 e. The van der Waals surface area contributed by atoms with Gasteiger partial charge in [-0.15, -0.1) is 6.58 Å². The van der Waals surface area contributed by atoms with E-state index in [1.807, 2.05) is 6.92 Å². The van der Waals surface area contributed by atoms with Gasteiger partial charge in [0.25, 0.3) is 0 Å². The molecule has 8 heavy (non-hydrogen) atoms. The maximum Gasteiger partial charge on any atom is 0.238 e.